The molecule has 0 amide bonds. The van der Waals surface area contributed by atoms with Crippen LogP contribution in [0.2, 0.25) is 0 Å². The van der Waals surface area contributed by atoms with Crippen molar-refractivity contribution in [3.8, 4) is 44.5 Å². The molecule has 0 N–H and O–H groups in total. The van der Waals surface area contributed by atoms with Gasteiger partial charge >= 0.3 is 0 Å². The van der Waals surface area contributed by atoms with Gasteiger partial charge in [0.05, 0.1) is 22.1 Å². The van der Waals surface area contributed by atoms with Crippen molar-refractivity contribution >= 4 is 97.5 Å². The molecule has 0 unspecified atom stereocenters. The Balaban J connectivity index is 1.26. The minimum absolute atomic E-state index is 0.890. The van der Waals surface area contributed by atoms with Crippen LogP contribution in [0.1, 0.15) is 0 Å². The number of hydrogen-bond acceptors (Lipinski definition) is 4. The Morgan fingerprint density at radius 3 is 1.24 bits per heavy atom. The summed E-state index contributed by atoms with van der Waals surface area (Å²) in [7, 11) is 0. The summed E-state index contributed by atoms with van der Waals surface area (Å²) in [6, 6.07) is 71.0. The average Bonchev–Trinajstić information content (AvgIpc) is 3.39. The van der Waals surface area contributed by atoms with Crippen molar-refractivity contribution < 1.29 is 0 Å². The third-order valence-electron chi connectivity index (χ3n) is 13.8. The van der Waals surface area contributed by atoms with Crippen LogP contribution in [-0.4, -0.2) is 19.9 Å². The van der Waals surface area contributed by atoms with Gasteiger partial charge in [0.15, 0.2) is 0 Å². The van der Waals surface area contributed by atoms with Crippen molar-refractivity contribution in [2.75, 3.05) is 0 Å². The lowest BCUT2D eigenvalue weighted by atomic mass is 9.79. The Hall–Kier alpha value is -8.86. The predicted molar refractivity (Wildman–Crippen MR) is 277 cm³/mol. The first kappa shape index (κ1) is 36.6. The lowest BCUT2D eigenvalue weighted by molar-refractivity contribution is 1.37. The number of rotatable bonds is 4. The molecule has 4 nitrogen and oxygen atoms in total. The van der Waals surface area contributed by atoms with E-state index in [0.29, 0.717) is 0 Å². The predicted octanol–water partition coefficient (Wildman–Crippen LogP) is 16.3. The lowest BCUT2D eigenvalue weighted by Gasteiger charge is -2.23. The van der Waals surface area contributed by atoms with Crippen LogP contribution in [0.3, 0.4) is 0 Å². The SMILES string of the molecule is c1ccc(-c2c(-c3cccc4ccccc34)c3ccccc3c3cc4c(-c5cc6cccnc6c6ncccc56)c5ccccc5c(-c5cc6cccnc6c6ncccc56)c4cc23)cc1. The molecule has 0 aliphatic carbocycles. The molecule has 14 rings (SSSR count). The van der Waals surface area contributed by atoms with Gasteiger partial charge in [-0.05, 0) is 147 Å². The van der Waals surface area contributed by atoms with Gasteiger partial charge in [0.25, 0.3) is 0 Å². The molecule has 304 valence electrons. The zero-order valence-corrected chi connectivity index (χ0v) is 35.6. The Bertz CT molecular complexity index is 4340. The largest absolute Gasteiger partial charge is 0.254 e. The van der Waals surface area contributed by atoms with E-state index in [1.807, 2.05) is 49.1 Å². The summed E-state index contributed by atoms with van der Waals surface area (Å²) in [6.07, 6.45) is 7.49. The van der Waals surface area contributed by atoms with Crippen LogP contribution in [0.5, 0.6) is 0 Å². The molecule has 10 aromatic carbocycles. The molecule has 0 bridgehead atoms. The molecule has 0 fully saturated rings. The molecular weight excluding hydrogens is 801 g/mol. The Morgan fingerprint density at radius 1 is 0.212 bits per heavy atom. The van der Waals surface area contributed by atoms with E-state index in [1.165, 1.54) is 65.7 Å². The fourth-order valence-electron chi connectivity index (χ4n) is 11.0. The third kappa shape index (κ3) is 5.33. The number of aromatic nitrogens is 4. The first-order chi connectivity index (χ1) is 32.8. The van der Waals surface area contributed by atoms with E-state index < -0.39 is 0 Å². The molecule has 0 aliphatic heterocycles. The van der Waals surface area contributed by atoms with E-state index in [0.717, 1.165) is 76.3 Å². The number of benzene rings is 10. The molecule has 0 aliphatic rings. The quantitative estimate of drug-likeness (QED) is 0.131. The highest BCUT2D eigenvalue weighted by molar-refractivity contribution is 6.32. The maximum atomic E-state index is 5.02. The van der Waals surface area contributed by atoms with Gasteiger partial charge in [-0.15, -0.1) is 0 Å². The Labute approximate surface area is 379 Å². The second-order valence-corrected chi connectivity index (χ2v) is 17.2. The molecule has 14 aromatic rings. The van der Waals surface area contributed by atoms with Crippen LogP contribution >= 0.6 is 0 Å². The number of fused-ring (bicyclic) bond motifs is 12. The van der Waals surface area contributed by atoms with Gasteiger partial charge in [0.1, 0.15) is 0 Å². The topological polar surface area (TPSA) is 51.6 Å². The number of hydrogen-bond donors (Lipinski definition) is 0. The van der Waals surface area contributed by atoms with E-state index in [-0.39, 0.29) is 0 Å². The standard InChI is InChI=1S/C62H36N4/c1-2-16-38(17-3-1)55-52-36-54-53(35-49(52)42-22-6-7-23-44(42)58(55)43-26-10-18-37-15-4-5-21-41(37)43)56(50-33-39-19-11-29-63-59(39)61-47(50)27-13-31-65-61)45-24-8-9-25-46(45)57(54)51-34-40-20-12-30-64-60(40)62-48(51)28-14-32-66-62/h1-36H. The van der Waals surface area contributed by atoms with Crippen LogP contribution in [0.4, 0.5) is 0 Å². The summed E-state index contributed by atoms with van der Waals surface area (Å²) in [5, 5.41) is 16.1. The second kappa shape index (κ2) is 14.3. The summed E-state index contributed by atoms with van der Waals surface area (Å²) in [5.74, 6) is 0. The van der Waals surface area contributed by atoms with E-state index in [9.17, 15) is 0 Å². The maximum absolute atomic E-state index is 5.02. The van der Waals surface area contributed by atoms with Crippen LogP contribution in [-0.2, 0) is 0 Å². The molecule has 0 spiro atoms. The summed E-state index contributed by atoms with van der Waals surface area (Å²) >= 11 is 0. The molecule has 0 radical (unpaired) electrons. The average molecular weight is 837 g/mol. The van der Waals surface area contributed by atoms with Gasteiger partial charge in [0, 0.05) is 46.3 Å². The summed E-state index contributed by atoms with van der Waals surface area (Å²) in [5.41, 5.74) is 13.0. The lowest BCUT2D eigenvalue weighted by Crippen LogP contribution is -1.97. The van der Waals surface area contributed by atoms with Crippen LogP contribution in [0, 0.1) is 0 Å². The molecule has 0 saturated carbocycles. The molecule has 0 saturated heterocycles. The van der Waals surface area contributed by atoms with Crippen LogP contribution < -0.4 is 0 Å². The van der Waals surface area contributed by atoms with Gasteiger partial charge in [-0.2, -0.15) is 0 Å². The minimum atomic E-state index is 0.890. The van der Waals surface area contributed by atoms with E-state index in [1.54, 1.807) is 0 Å². The molecule has 4 heterocycles. The highest BCUT2D eigenvalue weighted by atomic mass is 14.7. The Kier molecular flexibility index (Phi) is 7.95. The molecule has 4 aromatic heterocycles. The summed E-state index contributed by atoms with van der Waals surface area (Å²) in [6.45, 7) is 0. The normalized spacial score (nSPS) is 11.9. The highest BCUT2D eigenvalue weighted by Gasteiger charge is 2.25. The van der Waals surface area contributed by atoms with Gasteiger partial charge in [-0.3, -0.25) is 19.9 Å². The zero-order chi connectivity index (χ0) is 43.3. The van der Waals surface area contributed by atoms with E-state index in [4.69, 9.17) is 19.9 Å². The van der Waals surface area contributed by atoms with Crippen molar-refractivity contribution in [1.82, 2.24) is 19.9 Å². The minimum Gasteiger partial charge on any atom is -0.254 e. The molecular formula is C62H36N4. The molecule has 0 atom stereocenters. The Morgan fingerprint density at radius 2 is 0.636 bits per heavy atom. The third-order valence-corrected chi connectivity index (χ3v) is 13.8. The first-order valence-corrected chi connectivity index (χ1v) is 22.4. The van der Waals surface area contributed by atoms with E-state index >= 15 is 0 Å². The van der Waals surface area contributed by atoms with Gasteiger partial charge in [0.2, 0.25) is 0 Å². The van der Waals surface area contributed by atoms with Crippen molar-refractivity contribution in [3.63, 3.8) is 0 Å². The van der Waals surface area contributed by atoms with Gasteiger partial charge < -0.3 is 0 Å². The fraction of sp³-hybridized carbons (Fsp3) is 0. The summed E-state index contributed by atoms with van der Waals surface area (Å²) in [4.78, 5) is 19.8. The van der Waals surface area contributed by atoms with Gasteiger partial charge in [-0.25, -0.2) is 0 Å². The van der Waals surface area contributed by atoms with Crippen molar-refractivity contribution in [2.24, 2.45) is 0 Å². The van der Waals surface area contributed by atoms with Gasteiger partial charge in [-0.1, -0.05) is 146 Å². The highest BCUT2D eigenvalue weighted by Crippen LogP contribution is 2.52. The van der Waals surface area contributed by atoms with Crippen molar-refractivity contribution in [2.45, 2.75) is 0 Å². The smallest absolute Gasteiger partial charge is 0.0970 e. The first-order valence-electron chi connectivity index (χ1n) is 22.4. The van der Waals surface area contributed by atoms with Crippen molar-refractivity contribution in [3.05, 3.63) is 219 Å². The fourth-order valence-corrected chi connectivity index (χ4v) is 11.0. The molecule has 66 heavy (non-hydrogen) atoms. The maximum Gasteiger partial charge on any atom is 0.0970 e. The van der Waals surface area contributed by atoms with Crippen LogP contribution in [0.25, 0.3) is 142 Å². The zero-order valence-electron chi connectivity index (χ0n) is 35.6. The number of pyridine rings is 4. The van der Waals surface area contributed by atoms with Crippen LogP contribution in [0.15, 0.2) is 219 Å². The number of nitrogens with zero attached hydrogens (tertiary/aromatic N) is 4. The van der Waals surface area contributed by atoms with Crippen molar-refractivity contribution in [1.29, 1.82) is 0 Å². The summed E-state index contributed by atoms with van der Waals surface area (Å²) < 4.78 is 0. The monoisotopic (exact) mass is 836 g/mol. The second-order valence-electron chi connectivity index (χ2n) is 17.2. The van der Waals surface area contributed by atoms with E-state index in [2.05, 4.69) is 170 Å². The molecule has 4 heteroatoms.